The van der Waals surface area contributed by atoms with Crippen LogP contribution in [0, 0.1) is 0 Å². The highest BCUT2D eigenvalue weighted by Gasteiger charge is 2.31. The van der Waals surface area contributed by atoms with Crippen molar-refractivity contribution < 1.29 is 4.74 Å². The zero-order valence-corrected chi connectivity index (χ0v) is 9.82. The van der Waals surface area contributed by atoms with Crippen molar-refractivity contribution in [3.8, 4) is 5.75 Å². The van der Waals surface area contributed by atoms with Gasteiger partial charge in [0.15, 0.2) is 5.96 Å². The highest BCUT2D eigenvalue weighted by Crippen LogP contribution is 2.35. The molecule has 1 aliphatic rings. The Bertz CT molecular complexity index is 403. The number of aliphatic imine (C=N–C) groups is 1. The first-order valence-corrected chi connectivity index (χ1v) is 5.43. The lowest BCUT2D eigenvalue weighted by atomic mass is 10.1. The first-order chi connectivity index (χ1) is 7.76. The molecule has 1 aromatic carbocycles. The maximum atomic E-state index is 5.76. The summed E-state index contributed by atoms with van der Waals surface area (Å²) in [4.78, 5) is 4.12. The van der Waals surface area contributed by atoms with E-state index in [9.17, 15) is 0 Å². The van der Waals surface area contributed by atoms with E-state index in [1.54, 1.807) is 7.05 Å². The fraction of sp³-hybridized carbons (Fsp3) is 0.417. The molecule has 0 bridgehead atoms. The Balaban J connectivity index is 2.22. The molecule has 4 nitrogen and oxygen atoms in total. The van der Waals surface area contributed by atoms with Crippen LogP contribution in [0.15, 0.2) is 29.3 Å². The second-order valence-corrected chi connectivity index (χ2v) is 3.81. The normalized spacial score (nSPS) is 23.6. The van der Waals surface area contributed by atoms with Crippen molar-refractivity contribution in [2.24, 2.45) is 4.99 Å². The van der Waals surface area contributed by atoms with Crippen LogP contribution in [0.1, 0.15) is 18.5 Å². The number of benzene rings is 1. The lowest BCUT2D eigenvalue weighted by molar-refractivity contribution is 0.219. The summed E-state index contributed by atoms with van der Waals surface area (Å²) in [5.41, 5.74) is 1.19. The fourth-order valence-corrected chi connectivity index (χ4v) is 1.96. The topological polar surface area (TPSA) is 45.7 Å². The molecule has 0 spiro atoms. The number of para-hydroxylation sites is 1. The lowest BCUT2D eigenvalue weighted by Gasteiger charge is -2.18. The van der Waals surface area contributed by atoms with Crippen molar-refractivity contribution in [2.75, 3.05) is 14.1 Å². The SMILES string of the molecule is CN=C(NC)NC1c2ccccc2OC1C. The predicted octanol–water partition coefficient (Wildman–Crippen LogP) is 1.30. The Morgan fingerprint density at radius 3 is 2.81 bits per heavy atom. The number of hydrogen-bond acceptors (Lipinski definition) is 2. The first kappa shape index (κ1) is 10.8. The third kappa shape index (κ3) is 1.83. The van der Waals surface area contributed by atoms with Crippen molar-refractivity contribution in [2.45, 2.75) is 19.1 Å². The van der Waals surface area contributed by atoms with Gasteiger partial charge in [-0.25, -0.2) is 0 Å². The van der Waals surface area contributed by atoms with Gasteiger partial charge in [0.05, 0.1) is 6.04 Å². The second kappa shape index (κ2) is 4.43. The van der Waals surface area contributed by atoms with E-state index in [-0.39, 0.29) is 12.1 Å². The standard InChI is InChI=1S/C12H17N3O/c1-8-11(15-12(13-2)14-3)9-6-4-5-7-10(9)16-8/h4-8,11H,1-3H3,(H2,13,14,15). The van der Waals surface area contributed by atoms with Gasteiger partial charge < -0.3 is 15.4 Å². The average molecular weight is 219 g/mol. The summed E-state index contributed by atoms with van der Waals surface area (Å²) in [6.07, 6.45) is 0.113. The maximum absolute atomic E-state index is 5.76. The minimum absolute atomic E-state index is 0.113. The lowest BCUT2D eigenvalue weighted by Crippen LogP contribution is -2.40. The molecule has 1 heterocycles. The molecule has 1 aliphatic heterocycles. The number of fused-ring (bicyclic) bond motifs is 1. The molecule has 0 saturated heterocycles. The second-order valence-electron chi connectivity index (χ2n) is 3.81. The Kier molecular flexibility index (Phi) is 2.99. The van der Waals surface area contributed by atoms with Gasteiger partial charge in [0.1, 0.15) is 11.9 Å². The largest absolute Gasteiger partial charge is 0.488 e. The highest BCUT2D eigenvalue weighted by atomic mass is 16.5. The molecule has 4 heteroatoms. The third-order valence-electron chi connectivity index (χ3n) is 2.79. The summed E-state index contributed by atoms with van der Waals surface area (Å²) in [6.45, 7) is 2.06. The highest BCUT2D eigenvalue weighted by molar-refractivity contribution is 5.80. The summed E-state index contributed by atoms with van der Waals surface area (Å²) < 4.78 is 5.76. The van der Waals surface area contributed by atoms with E-state index in [1.807, 2.05) is 25.2 Å². The zero-order chi connectivity index (χ0) is 11.5. The number of hydrogen-bond donors (Lipinski definition) is 2. The van der Waals surface area contributed by atoms with Gasteiger partial charge >= 0.3 is 0 Å². The van der Waals surface area contributed by atoms with Crippen LogP contribution >= 0.6 is 0 Å². The van der Waals surface area contributed by atoms with Gasteiger partial charge in [0.2, 0.25) is 0 Å². The van der Waals surface area contributed by atoms with E-state index in [2.05, 4.69) is 28.6 Å². The van der Waals surface area contributed by atoms with E-state index >= 15 is 0 Å². The van der Waals surface area contributed by atoms with Crippen LogP contribution in [-0.2, 0) is 0 Å². The van der Waals surface area contributed by atoms with Gasteiger partial charge in [0.25, 0.3) is 0 Å². The molecule has 0 aliphatic carbocycles. The number of nitrogens with zero attached hydrogens (tertiary/aromatic N) is 1. The smallest absolute Gasteiger partial charge is 0.191 e. The van der Waals surface area contributed by atoms with Crippen LogP contribution in [0.5, 0.6) is 5.75 Å². The number of ether oxygens (including phenoxy) is 1. The molecule has 1 aromatic rings. The van der Waals surface area contributed by atoms with Crippen molar-refractivity contribution in [3.05, 3.63) is 29.8 Å². The minimum atomic E-state index is 0.113. The van der Waals surface area contributed by atoms with Gasteiger partial charge in [0, 0.05) is 19.7 Å². The van der Waals surface area contributed by atoms with E-state index in [0.29, 0.717) is 0 Å². The third-order valence-corrected chi connectivity index (χ3v) is 2.79. The van der Waals surface area contributed by atoms with Crippen molar-refractivity contribution in [1.82, 2.24) is 10.6 Å². The Morgan fingerprint density at radius 2 is 2.12 bits per heavy atom. The van der Waals surface area contributed by atoms with Crippen molar-refractivity contribution >= 4 is 5.96 Å². The maximum Gasteiger partial charge on any atom is 0.191 e. The molecular weight excluding hydrogens is 202 g/mol. The number of guanidine groups is 1. The van der Waals surface area contributed by atoms with Gasteiger partial charge in [-0.2, -0.15) is 0 Å². The molecule has 2 atom stereocenters. The molecule has 0 radical (unpaired) electrons. The molecule has 0 amide bonds. The van der Waals surface area contributed by atoms with Crippen LogP contribution < -0.4 is 15.4 Å². The molecule has 2 rings (SSSR count). The molecule has 0 aromatic heterocycles. The van der Waals surface area contributed by atoms with E-state index in [0.717, 1.165) is 11.7 Å². The molecule has 16 heavy (non-hydrogen) atoms. The Hall–Kier alpha value is -1.71. The quantitative estimate of drug-likeness (QED) is 0.553. The van der Waals surface area contributed by atoms with Crippen LogP contribution in [0.4, 0.5) is 0 Å². The zero-order valence-electron chi connectivity index (χ0n) is 9.82. The summed E-state index contributed by atoms with van der Waals surface area (Å²) in [6, 6.07) is 8.25. The molecule has 2 unspecified atom stereocenters. The van der Waals surface area contributed by atoms with E-state index in [1.165, 1.54) is 5.56 Å². The fourth-order valence-electron chi connectivity index (χ4n) is 1.96. The monoisotopic (exact) mass is 219 g/mol. The molecule has 2 N–H and O–H groups in total. The summed E-state index contributed by atoms with van der Waals surface area (Å²) in [5.74, 6) is 1.73. The van der Waals surface area contributed by atoms with Crippen LogP contribution in [0.3, 0.4) is 0 Å². The first-order valence-electron chi connectivity index (χ1n) is 5.43. The van der Waals surface area contributed by atoms with Gasteiger partial charge in [-0.1, -0.05) is 18.2 Å². The Morgan fingerprint density at radius 1 is 1.38 bits per heavy atom. The number of nitrogens with one attached hydrogen (secondary N) is 2. The van der Waals surface area contributed by atoms with E-state index < -0.39 is 0 Å². The van der Waals surface area contributed by atoms with Gasteiger partial charge in [-0.15, -0.1) is 0 Å². The Labute approximate surface area is 95.7 Å². The van der Waals surface area contributed by atoms with Crippen LogP contribution in [0.2, 0.25) is 0 Å². The molecule has 0 saturated carbocycles. The van der Waals surface area contributed by atoms with E-state index in [4.69, 9.17) is 4.74 Å². The van der Waals surface area contributed by atoms with Gasteiger partial charge in [-0.3, -0.25) is 4.99 Å². The summed E-state index contributed by atoms with van der Waals surface area (Å²) in [7, 11) is 3.60. The summed E-state index contributed by atoms with van der Waals surface area (Å²) >= 11 is 0. The van der Waals surface area contributed by atoms with Crippen molar-refractivity contribution in [3.63, 3.8) is 0 Å². The van der Waals surface area contributed by atoms with Crippen molar-refractivity contribution in [1.29, 1.82) is 0 Å². The summed E-state index contributed by atoms with van der Waals surface area (Å²) in [5, 5.41) is 6.35. The van der Waals surface area contributed by atoms with Crippen LogP contribution in [0.25, 0.3) is 0 Å². The molecular formula is C12H17N3O. The number of rotatable bonds is 1. The molecule has 0 fully saturated rings. The van der Waals surface area contributed by atoms with Crippen LogP contribution in [-0.4, -0.2) is 26.2 Å². The minimum Gasteiger partial charge on any atom is -0.488 e. The predicted molar refractivity (Wildman–Crippen MR) is 64.8 cm³/mol. The average Bonchev–Trinajstić information content (AvgIpc) is 2.62. The van der Waals surface area contributed by atoms with Gasteiger partial charge in [-0.05, 0) is 13.0 Å². The molecule has 86 valence electrons.